The fourth-order valence-corrected chi connectivity index (χ4v) is 2.54. The van der Waals surface area contributed by atoms with Crippen LogP contribution in [0.25, 0.3) is 22.3 Å². The third-order valence-corrected chi connectivity index (χ3v) is 3.63. The number of nitro groups is 1. The predicted molar refractivity (Wildman–Crippen MR) is 88.7 cm³/mol. The summed E-state index contributed by atoms with van der Waals surface area (Å²) in [6.45, 7) is 1.94. The van der Waals surface area contributed by atoms with Crippen LogP contribution >= 0.6 is 0 Å². The van der Waals surface area contributed by atoms with Gasteiger partial charge >= 0.3 is 0 Å². The Morgan fingerprint density at radius 3 is 2.18 bits per heavy atom. The molecular weight excluding hydrogens is 274 g/mol. The van der Waals surface area contributed by atoms with E-state index >= 15 is 0 Å². The highest BCUT2D eigenvalue weighted by atomic mass is 16.6. The molecule has 3 nitrogen and oxygen atoms in total. The Morgan fingerprint density at radius 2 is 1.45 bits per heavy atom. The van der Waals surface area contributed by atoms with E-state index in [1.54, 1.807) is 12.1 Å². The molecule has 0 bridgehead atoms. The van der Waals surface area contributed by atoms with Gasteiger partial charge in [0.25, 0.3) is 5.69 Å². The Labute approximate surface area is 129 Å². The topological polar surface area (TPSA) is 43.1 Å². The number of benzene rings is 3. The van der Waals surface area contributed by atoms with Crippen molar-refractivity contribution in [2.24, 2.45) is 0 Å². The van der Waals surface area contributed by atoms with Crippen LogP contribution in [0.4, 0.5) is 5.69 Å². The Balaban J connectivity index is 2.14. The molecule has 0 aliphatic heterocycles. The molecule has 0 saturated carbocycles. The van der Waals surface area contributed by atoms with Crippen LogP contribution in [0.15, 0.2) is 72.8 Å². The molecule has 3 aromatic carbocycles. The van der Waals surface area contributed by atoms with Crippen molar-refractivity contribution in [3.05, 3.63) is 88.5 Å². The van der Waals surface area contributed by atoms with Gasteiger partial charge in [-0.15, -0.1) is 0 Å². The molecule has 0 aliphatic rings. The van der Waals surface area contributed by atoms with Gasteiger partial charge in [-0.2, -0.15) is 0 Å². The second-order valence-electron chi connectivity index (χ2n) is 5.22. The summed E-state index contributed by atoms with van der Waals surface area (Å²) in [5.41, 5.74) is 4.80. The Hall–Kier alpha value is -2.94. The van der Waals surface area contributed by atoms with E-state index in [9.17, 15) is 10.1 Å². The van der Waals surface area contributed by atoms with Crippen LogP contribution in [0.1, 0.15) is 5.56 Å². The number of hydrogen-bond donors (Lipinski definition) is 0. The van der Waals surface area contributed by atoms with Crippen LogP contribution in [0.2, 0.25) is 0 Å². The largest absolute Gasteiger partial charge is 0.277 e. The minimum atomic E-state index is -0.329. The summed E-state index contributed by atoms with van der Waals surface area (Å²) in [5.74, 6) is 0. The van der Waals surface area contributed by atoms with E-state index in [-0.39, 0.29) is 10.6 Å². The summed E-state index contributed by atoms with van der Waals surface area (Å²) in [7, 11) is 0. The lowest BCUT2D eigenvalue weighted by Crippen LogP contribution is -1.93. The van der Waals surface area contributed by atoms with Gasteiger partial charge in [0.15, 0.2) is 0 Å². The molecule has 0 heterocycles. The van der Waals surface area contributed by atoms with E-state index in [0.29, 0.717) is 5.56 Å². The highest BCUT2D eigenvalue weighted by molar-refractivity contribution is 5.78. The summed E-state index contributed by atoms with van der Waals surface area (Å²) in [5, 5.41) is 11.3. The van der Waals surface area contributed by atoms with Gasteiger partial charge in [0.05, 0.1) is 10.5 Å². The van der Waals surface area contributed by atoms with Gasteiger partial charge in [-0.3, -0.25) is 10.1 Å². The van der Waals surface area contributed by atoms with E-state index in [0.717, 1.165) is 22.3 Å². The Kier molecular flexibility index (Phi) is 3.71. The molecule has 0 fully saturated rings. The minimum Gasteiger partial charge on any atom is -0.258 e. The number of rotatable bonds is 3. The van der Waals surface area contributed by atoms with Crippen molar-refractivity contribution >= 4 is 5.69 Å². The van der Waals surface area contributed by atoms with Crippen LogP contribution in [-0.4, -0.2) is 4.92 Å². The number of aryl methyl sites for hydroxylation is 1. The van der Waals surface area contributed by atoms with Crippen LogP contribution in [-0.2, 0) is 0 Å². The molecule has 3 aromatic rings. The molecule has 0 atom stereocenters. The normalized spacial score (nSPS) is 10.4. The van der Waals surface area contributed by atoms with Gasteiger partial charge in [-0.1, -0.05) is 60.2 Å². The molecule has 0 amide bonds. The lowest BCUT2D eigenvalue weighted by Gasteiger charge is -2.07. The first-order valence-corrected chi connectivity index (χ1v) is 7.06. The second-order valence-corrected chi connectivity index (χ2v) is 5.22. The summed E-state index contributed by atoms with van der Waals surface area (Å²) < 4.78 is 0. The van der Waals surface area contributed by atoms with E-state index in [1.807, 2.05) is 67.6 Å². The first-order valence-electron chi connectivity index (χ1n) is 7.06. The lowest BCUT2D eigenvalue weighted by atomic mass is 9.97. The van der Waals surface area contributed by atoms with Crippen molar-refractivity contribution in [1.29, 1.82) is 0 Å². The zero-order valence-electron chi connectivity index (χ0n) is 12.2. The van der Waals surface area contributed by atoms with Crippen LogP contribution in [0, 0.1) is 17.0 Å². The average molecular weight is 289 g/mol. The summed E-state index contributed by atoms with van der Waals surface area (Å²) in [4.78, 5) is 10.9. The van der Waals surface area contributed by atoms with Crippen molar-refractivity contribution in [3.8, 4) is 22.3 Å². The molecule has 3 heteroatoms. The van der Waals surface area contributed by atoms with Crippen molar-refractivity contribution in [1.82, 2.24) is 0 Å². The van der Waals surface area contributed by atoms with Crippen molar-refractivity contribution in [2.45, 2.75) is 6.92 Å². The SMILES string of the molecule is Cc1ccc([N+](=O)[O-])c(-c2cccc(-c3ccccc3)c2)c1. The smallest absolute Gasteiger partial charge is 0.258 e. The van der Waals surface area contributed by atoms with Crippen LogP contribution in [0.3, 0.4) is 0 Å². The molecule has 22 heavy (non-hydrogen) atoms. The van der Waals surface area contributed by atoms with E-state index in [2.05, 4.69) is 0 Å². The molecule has 0 aliphatic carbocycles. The summed E-state index contributed by atoms with van der Waals surface area (Å²) >= 11 is 0. The quantitative estimate of drug-likeness (QED) is 0.489. The number of nitro benzene ring substituents is 1. The third-order valence-electron chi connectivity index (χ3n) is 3.63. The van der Waals surface area contributed by atoms with Crippen molar-refractivity contribution in [3.63, 3.8) is 0 Å². The highest BCUT2D eigenvalue weighted by Gasteiger charge is 2.15. The summed E-state index contributed by atoms with van der Waals surface area (Å²) in [6, 6.07) is 23.1. The minimum absolute atomic E-state index is 0.135. The standard InChI is InChI=1S/C19H15NO2/c1-14-10-11-19(20(21)22)18(12-14)17-9-5-8-16(13-17)15-6-3-2-4-7-15/h2-13H,1H3. The van der Waals surface area contributed by atoms with Gasteiger partial charge in [0, 0.05) is 6.07 Å². The van der Waals surface area contributed by atoms with Gasteiger partial charge in [-0.05, 0) is 35.7 Å². The zero-order chi connectivity index (χ0) is 15.5. The molecular formula is C19H15NO2. The van der Waals surface area contributed by atoms with Crippen LogP contribution in [0.5, 0.6) is 0 Å². The maximum atomic E-state index is 11.3. The predicted octanol–water partition coefficient (Wildman–Crippen LogP) is 5.24. The molecule has 0 N–H and O–H groups in total. The highest BCUT2D eigenvalue weighted by Crippen LogP contribution is 2.33. The van der Waals surface area contributed by atoms with Crippen molar-refractivity contribution < 1.29 is 4.92 Å². The fraction of sp³-hybridized carbons (Fsp3) is 0.0526. The lowest BCUT2D eigenvalue weighted by molar-refractivity contribution is -0.384. The van der Waals surface area contributed by atoms with Crippen LogP contribution < -0.4 is 0 Å². The van der Waals surface area contributed by atoms with Crippen molar-refractivity contribution in [2.75, 3.05) is 0 Å². The van der Waals surface area contributed by atoms with Gasteiger partial charge < -0.3 is 0 Å². The molecule has 0 spiro atoms. The molecule has 108 valence electrons. The van der Waals surface area contributed by atoms with E-state index in [1.165, 1.54) is 0 Å². The Morgan fingerprint density at radius 1 is 0.773 bits per heavy atom. The summed E-state index contributed by atoms with van der Waals surface area (Å²) in [6.07, 6.45) is 0. The first-order chi connectivity index (χ1) is 10.6. The van der Waals surface area contributed by atoms with E-state index < -0.39 is 0 Å². The molecule has 0 saturated heterocycles. The average Bonchev–Trinajstić information content (AvgIpc) is 2.55. The van der Waals surface area contributed by atoms with Gasteiger partial charge in [0.1, 0.15) is 0 Å². The molecule has 0 radical (unpaired) electrons. The maximum Gasteiger partial charge on any atom is 0.277 e. The third kappa shape index (κ3) is 2.74. The van der Waals surface area contributed by atoms with E-state index in [4.69, 9.17) is 0 Å². The fourth-order valence-electron chi connectivity index (χ4n) is 2.54. The second kappa shape index (κ2) is 5.82. The Bertz CT molecular complexity index is 826. The number of hydrogen-bond acceptors (Lipinski definition) is 2. The monoisotopic (exact) mass is 289 g/mol. The first kappa shape index (κ1) is 14.0. The zero-order valence-corrected chi connectivity index (χ0v) is 12.2. The van der Waals surface area contributed by atoms with Gasteiger partial charge in [-0.25, -0.2) is 0 Å². The van der Waals surface area contributed by atoms with Gasteiger partial charge in [0.2, 0.25) is 0 Å². The molecule has 0 aromatic heterocycles. The number of nitrogens with zero attached hydrogens (tertiary/aromatic N) is 1. The molecule has 3 rings (SSSR count). The maximum absolute atomic E-state index is 11.3. The molecule has 0 unspecified atom stereocenters.